The van der Waals surface area contributed by atoms with Gasteiger partial charge in [0.2, 0.25) is 11.8 Å². The molecule has 0 saturated carbocycles. The van der Waals surface area contributed by atoms with E-state index in [4.69, 9.17) is 14.9 Å². The number of hydrogen-bond acceptors (Lipinski definition) is 5. The zero-order valence-corrected chi connectivity index (χ0v) is 12.1. The molecule has 1 aromatic carbocycles. The highest BCUT2D eigenvalue weighted by Crippen LogP contribution is 2.24. The van der Waals surface area contributed by atoms with Crippen molar-refractivity contribution in [1.29, 1.82) is 0 Å². The van der Waals surface area contributed by atoms with Crippen LogP contribution in [0, 0.1) is 0 Å². The summed E-state index contributed by atoms with van der Waals surface area (Å²) in [6.45, 7) is 1.78. The first kappa shape index (κ1) is 14.5. The zero-order valence-electron chi connectivity index (χ0n) is 11.3. The zero-order chi connectivity index (χ0) is 14.5. The van der Waals surface area contributed by atoms with Crippen LogP contribution in [-0.4, -0.2) is 23.3 Å². The quantitative estimate of drug-likeness (QED) is 0.884. The fourth-order valence-electron chi connectivity index (χ4n) is 1.53. The number of carbonyl (C=O) groups is 1. The predicted octanol–water partition coefficient (Wildman–Crippen LogP) is 2.46. The Morgan fingerprint density at radius 3 is 2.75 bits per heavy atom. The van der Waals surface area contributed by atoms with Gasteiger partial charge in [-0.1, -0.05) is 0 Å². The van der Waals surface area contributed by atoms with E-state index < -0.39 is 0 Å². The van der Waals surface area contributed by atoms with Crippen molar-refractivity contribution in [2.24, 2.45) is 5.73 Å². The van der Waals surface area contributed by atoms with E-state index in [2.05, 4.69) is 4.98 Å². The monoisotopic (exact) mass is 292 g/mol. The Labute approximate surface area is 121 Å². The maximum absolute atomic E-state index is 11.0. The Kier molecular flexibility index (Phi) is 4.68. The van der Waals surface area contributed by atoms with Gasteiger partial charge in [0.15, 0.2) is 0 Å². The van der Waals surface area contributed by atoms with E-state index in [9.17, 15) is 4.79 Å². The van der Waals surface area contributed by atoms with E-state index in [0.717, 1.165) is 17.0 Å². The number of benzene rings is 1. The van der Waals surface area contributed by atoms with Crippen molar-refractivity contribution < 1.29 is 13.9 Å². The molecule has 20 heavy (non-hydrogen) atoms. The lowest BCUT2D eigenvalue weighted by Crippen LogP contribution is -2.22. The van der Waals surface area contributed by atoms with Gasteiger partial charge in [-0.3, -0.25) is 4.79 Å². The van der Waals surface area contributed by atoms with Crippen molar-refractivity contribution in [3.63, 3.8) is 0 Å². The maximum atomic E-state index is 11.0. The number of hydrogen-bond donors (Lipinski definition) is 1. The topological polar surface area (TPSA) is 78.4 Å². The van der Waals surface area contributed by atoms with Crippen molar-refractivity contribution >= 4 is 17.7 Å². The van der Waals surface area contributed by atoms with Crippen molar-refractivity contribution in [3.8, 4) is 17.2 Å². The lowest BCUT2D eigenvalue weighted by Gasteiger charge is -2.03. The fraction of sp³-hybridized carbons (Fsp3) is 0.286. The number of methoxy groups -OCH3 is 1. The van der Waals surface area contributed by atoms with Crippen LogP contribution < -0.4 is 10.5 Å². The minimum absolute atomic E-state index is 0.240. The average molecular weight is 292 g/mol. The van der Waals surface area contributed by atoms with Gasteiger partial charge < -0.3 is 14.9 Å². The Hall–Kier alpha value is -1.95. The minimum Gasteiger partial charge on any atom is -0.497 e. The fourth-order valence-corrected chi connectivity index (χ4v) is 2.25. The van der Waals surface area contributed by atoms with Gasteiger partial charge in [0.05, 0.1) is 18.1 Å². The van der Waals surface area contributed by atoms with E-state index in [1.165, 1.54) is 11.8 Å². The first-order valence-electron chi connectivity index (χ1n) is 6.10. The van der Waals surface area contributed by atoms with Gasteiger partial charge in [-0.2, -0.15) is 0 Å². The lowest BCUT2D eigenvalue weighted by atomic mass is 10.2. The molecule has 1 atom stereocenters. The van der Waals surface area contributed by atoms with Gasteiger partial charge in [-0.25, -0.2) is 4.98 Å². The van der Waals surface area contributed by atoms with Crippen molar-refractivity contribution in [2.45, 2.75) is 17.9 Å². The smallest absolute Gasteiger partial charge is 0.230 e. The second-order valence-corrected chi connectivity index (χ2v) is 5.56. The van der Waals surface area contributed by atoms with Crippen LogP contribution >= 0.6 is 11.8 Å². The molecule has 0 bridgehead atoms. The van der Waals surface area contributed by atoms with Gasteiger partial charge >= 0.3 is 0 Å². The molecule has 0 aliphatic rings. The molecule has 0 saturated heterocycles. The normalized spacial score (nSPS) is 12.1. The van der Waals surface area contributed by atoms with Crippen LogP contribution in [0.3, 0.4) is 0 Å². The van der Waals surface area contributed by atoms with Gasteiger partial charge in [-0.05, 0) is 31.2 Å². The number of nitrogens with two attached hydrogens (primary N) is 1. The van der Waals surface area contributed by atoms with E-state index >= 15 is 0 Å². The van der Waals surface area contributed by atoms with E-state index in [-0.39, 0.29) is 11.2 Å². The molecule has 0 fully saturated rings. The highest BCUT2D eigenvalue weighted by Gasteiger charge is 2.12. The summed E-state index contributed by atoms with van der Waals surface area (Å²) in [4.78, 5) is 15.3. The summed E-state index contributed by atoms with van der Waals surface area (Å²) in [7, 11) is 1.62. The molecule has 1 amide bonds. The second kappa shape index (κ2) is 6.47. The number of ether oxygens (including phenoxy) is 1. The number of amides is 1. The summed E-state index contributed by atoms with van der Waals surface area (Å²) in [6.07, 6.45) is 1.60. The molecule has 5 nitrogen and oxygen atoms in total. The van der Waals surface area contributed by atoms with Crippen molar-refractivity contribution in [3.05, 3.63) is 36.2 Å². The molecule has 1 heterocycles. The molecule has 0 aliphatic carbocycles. The van der Waals surface area contributed by atoms with E-state index in [1.54, 1.807) is 20.3 Å². The molecule has 0 spiro atoms. The molecule has 2 N–H and O–H groups in total. The van der Waals surface area contributed by atoms with Gasteiger partial charge in [0.1, 0.15) is 12.0 Å². The molecule has 6 heteroatoms. The molecule has 0 radical (unpaired) electrons. The van der Waals surface area contributed by atoms with Crippen LogP contribution in [-0.2, 0) is 10.5 Å². The Bertz CT molecular complexity index is 580. The van der Waals surface area contributed by atoms with Crippen LogP contribution in [0.15, 0.2) is 34.9 Å². The van der Waals surface area contributed by atoms with E-state index in [1.807, 2.05) is 24.3 Å². The number of aromatic nitrogens is 1. The molecular formula is C14H16N2O3S. The summed E-state index contributed by atoms with van der Waals surface area (Å²) in [5, 5.41) is -0.240. The summed E-state index contributed by atoms with van der Waals surface area (Å²) >= 11 is 1.44. The summed E-state index contributed by atoms with van der Waals surface area (Å²) in [5.41, 5.74) is 6.87. The molecule has 0 aliphatic heterocycles. The Balaban J connectivity index is 2.02. The number of rotatable bonds is 6. The minimum atomic E-state index is -0.325. The largest absolute Gasteiger partial charge is 0.497 e. The summed E-state index contributed by atoms with van der Waals surface area (Å²) < 4.78 is 10.5. The van der Waals surface area contributed by atoms with Gasteiger partial charge in [-0.15, -0.1) is 11.8 Å². The van der Waals surface area contributed by atoms with Crippen LogP contribution in [0.1, 0.15) is 12.6 Å². The first-order chi connectivity index (χ1) is 9.60. The van der Waals surface area contributed by atoms with Crippen molar-refractivity contribution in [2.75, 3.05) is 7.11 Å². The highest BCUT2D eigenvalue weighted by atomic mass is 32.2. The van der Waals surface area contributed by atoms with Crippen LogP contribution in [0.2, 0.25) is 0 Å². The molecular weight excluding hydrogens is 276 g/mol. The second-order valence-electron chi connectivity index (χ2n) is 4.23. The van der Waals surface area contributed by atoms with Crippen LogP contribution in [0.25, 0.3) is 11.5 Å². The Morgan fingerprint density at radius 1 is 1.45 bits per heavy atom. The summed E-state index contributed by atoms with van der Waals surface area (Å²) in [6, 6.07) is 7.47. The lowest BCUT2D eigenvalue weighted by molar-refractivity contribution is -0.117. The standard InChI is InChI=1S/C14H16N2O3S/c1-9(13(15)17)20-8-11-7-19-14(16-11)10-3-5-12(18-2)6-4-10/h3-7,9H,8H2,1-2H3,(H2,15,17)/t9-/m1/s1. The first-order valence-corrected chi connectivity index (χ1v) is 7.14. The Morgan fingerprint density at radius 2 is 2.15 bits per heavy atom. The SMILES string of the molecule is COc1ccc(-c2nc(CS[C@H](C)C(N)=O)co2)cc1. The molecule has 0 unspecified atom stereocenters. The third-order valence-corrected chi connectivity index (χ3v) is 3.97. The van der Waals surface area contributed by atoms with Gasteiger partial charge in [0.25, 0.3) is 0 Å². The number of nitrogens with zero attached hydrogens (tertiary/aromatic N) is 1. The predicted molar refractivity (Wildman–Crippen MR) is 78.4 cm³/mol. The molecule has 106 valence electrons. The number of primary amides is 1. The van der Waals surface area contributed by atoms with E-state index in [0.29, 0.717) is 11.6 Å². The third-order valence-electron chi connectivity index (χ3n) is 2.77. The maximum Gasteiger partial charge on any atom is 0.230 e. The third kappa shape index (κ3) is 3.54. The van der Waals surface area contributed by atoms with Crippen LogP contribution in [0.5, 0.6) is 5.75 Å². The molecule has 2 aromatic rings. The number of carbonyl (C=O) groups excluding carboxylic acids is 1. The van der Waals surface area contributed by atoms with Crippen LogP contribution in [0.4, 0.5) is 0 Å². The number of thioether (sulfide) groups is 1. The van der Waals surface area contributed by atoms with Crippen molar-refractivity contribution in [1.82, 2.24) is 4.98 Å². The molecule has 2 rings (SSSR count). The number of oxazole rings is 1. The summed E-state index contributed by atoms with van der Waals surface area (Å²) in [5.74, 6) is 1.60. The van der Waals surface area contributed by atoms with Gasteiger partial charge in [0, 0.05) is 11.3 Å². The highest BCUT2D eigenvalue weighted by molar-refractivity contribution is 7.99. The average Bonchev–Trinajstić information content (AvgIpc) is 2.93. The molecule has 1 aromatic heterocycles.